The molecule has 5 aromatic carbocycles. The minimum absolute atomic E-state index is 0.000656. The summed E-state index contributed by atoms with van der Waals surface area (Å²) in [7, 11) is 0. The van der Waals surface area contributed by atoms with Gasteiger partial charge in [-0.25, -0.2) is 9.48 Å². The first-order chi connectivity index (χ1) is 19.0. The van der Waals surface area contributed by atoms with E-state index in [2.05, 4.69) is 128 Å². The summed E-state index contributed by atoms with van der Waals surface area (Å²) in [6, 6.07) is 42.1. The zero-order valence-electron chi connectivity index (χ0n) is 22.6. The molecule has 3 nitrogen and oxygen atoms in total. The third-order valence-corrected chi connectivity index (χ3v) is 7.70. The molecule has 0 amide bonds. The number of benzene rings is 5. The van der Waals surface area contributed by atoms with Crippen molar-refractivity contribution in [3.05, 3.63) is 149 Å². The Hall–Kier alpha value is -4.63. The van der Waals surface area contributed by atoms with Crippen molar-refractivity contribution in [1.29, 1.82) is 0 Å². The molecule has 0 saturated heterocycles. The van der Waals surface area contributed by atoms with E-state index in [-0.39, 0.29) is 17.8 Å². The molecular formula is C36H33N2O+. The van der Waals surface area contributed by atoms with Crippen molar-refractivity contribution in [3.8, 4) is 16.9 Å². The van der Waals surface area contributed by atoms with Crippen LogP contribution in [0.2, 0.25) is 0 Å². The predicted molar refractivity (Wildman–Crippen MR) is 161 cm³/mol. The zero-order chi connectivity index (χ0) is 26.9. The average molecular weight is 510 g/mol. The SMILES string of the molecule is Cc1cc(C)c([N+]2=CN(c3ccccc3-c3ccccc3O)[C@@H](c3ccccc3)[C@@H]2c2ccccc2)c(C)c1. The van der Waals surface area contributed by atoms with Crippen molar-refractivity contribution < 1.29 is 9.68 Å². The Balaban J connectivity index is 1.64. The molecule has 0 fully saturated rings. The Labute approximate surface area is 231 Å². The standard InChI is InChI=1S/C36H32N2O/c1-25-22-26(2)34(27(3)23-25)38-24-37(32-20-12-10-18-30(32)31-19-11-13-21-33(31)39)35(28-14-6-4-7-15-28)36(38)29-16-8-5-9-17-29/h4-24,35-36H,1-3H3/p+1/t35-,36-/m0/s1. The molecule has 39 heavy (non-hydrogen) atoms. The molecule has 1 aliphatic rings. The molecule has 0 spiro atoms. The maximum Gasteiger partial charge on any atom is 0.245 e. The Bertz CT molecular complexity index is 1630. The van der Waals surface area contributed by atoms with E-state index in [1.165, 1.54) is 33.5 Å². The highest BCUT2D eigenvalue weighted by atomic mass is 16.3. The third kappa shape index (κ3) is 4.51. The van der Waals surface area contributed by atoms with Crippen LogP contribution < -0.4 is 4.90 Å². The van der Waals surface area contributed by atoms with E-state index in [9.17, 15) is 5.11 Å². The molecule has 0 unspecified atom stereocenters. The van der Waals surface area contributed by atoms with E-state index in [0.717, 1.165) is 16.8 Å². The topological polar surface area (TPSA) is 26.5 Å². The van der Waals surface area contributed by atoms with Crippen LogP contribution in [0.5, 0.6) is 5.75 Å². The van der Waals surface area contributed by atoms with Gasteiger partial charge in [0.15, 0.2) is 12.1 Å². The average Bonchev–Trinajstić information content (AvgIpc) is 3.33. The van der Waals surface area contributed by atoms with Gasteiger partial charge in [0.2, 0.25) is 6.34 Å². The molecule has 3 heteroatoms. The minimum Gasteiger partial charge on any atom is -0.507 e. The molecule has 6 rings (SSSR count). The molecule has 1 N–H and O–H groups in total. The number of phenols is 1. The van der Waals surface area contributed by atoms with Gasteiger partial charge in [-0.05, 0) is 50.1 Å². The Morgan fingerprint density at radius 3 is 1.79 bits per heavy atom. The third-order valence-electron chi connectivity index (χ3n) is 7.70. The van der Waals surface area contributed by atoms with E-state index in [1.807, 2.05) is 24.3 Å². The lowest BCUT2D eigenvalue weighted by molar-refractivity contribution is -0.482. The van der Waals surface area contributed by atoms with Crippen molar-refractivity contribution in [2.24, 2.45) is 0 Å². The summed E-state index contributed by atoms with van der Waals surface area (Å²) in [5, 5.41) is 10.8. The van der Waals surface area contributed by atoms with Crippen molar-refractivity contribution in [3.63, 3.8) is 0 Å². The molecule has 0 aliphatic carbocycles. The number of rotatable bonds is 5. The summed E-state index contributed by atoms with van der Waals surface area (Å²) >= 11 is 0. The van der Waals surface area contributed by atoms with E-state index < -0.39 is 0 Å². The molecular weight excluding hydrogens is 476 g/mol. The molecule has 1 aliphatic heterocycles. The lowest BCUT2D eigenvalue weighted by atomic mass is 9.91. The highest BCUT2D eigenvalue weighted by molar-refractivity contribution is 5.91. The van der Waals surface area contributed by atoms with Crippen molar-refractivity contribution in [2.75, 3.05) is 4.90 Å². The number of phenolic OH excluding ortho intramolecular Hbond substituents is 1. The molecule has 0 radical (unpaired) electrons. The number of hydrogen-bond acceptors (Lipinski definition) is 2. The van der Waals surface area contributed by atoms with Crippen molar-refractivity contribution in [1.82, 2.24) is 0 Å². The molecule has 0 saturated carbocycles. The molecule has 2 atom stereocenters. The minimum atomic E-state index is 0.000656. The molecule has 5 aromatic rings. The van der Waals surface area contributed by atoms with Crippen LogP contribution in [-0.2, 0) is 0 Å². The second kappa shape index (κ2) is 10.3. The predicted octanol–water partition coefficient (Wildman–Crippen LogP) is 8.66. The van der Waals surface area contributed by atoms with Crippen LogP contribution in [0.15, 0.2) is 121 Å². The lowest BCUT2D eigenvalue weighted by Gasteiger charge is -2.26. The van der Waals surface area contributed by atoms with Gasteiger partial charge in [-0.2, -0.15) is 0 Å². The zero-order valence-corrected chi connectivity index (χ0v) is 22.6. The Kier molecular flexibility index (Phi) is 6.50. The Morgan fingerprint density at radius 2 is 1.15 bits per heavy atom. The monoisotopic (exact) mass is 509 g/mol. The lowest BCUT2D eigenvalue weighted by Crippen LogP contribution is -2.26. The van der Waals surface area contributed by atoms with Gasteiger partial charge in [0, 0.05) is 22.3 Å². The van der Waals surface area contributed by atoms with Crippen molar-refractivity contribution in [2.45, 2.75) is 32.9 Å². The molecule has 0 bridgehead atoms. The second-order valence-corrected chi connectivity index (χ2v) is 10.4. The van der Waals surface area contributed by atoms with Gasteiger partial charge in [-0.1, -0.05) is 109 Å². The van der Waals surface area contributed by atoms with Gasteiger partial charge in [0.25, 0.3) is 0 Å². The van der Waals surface area contributed by atoms with Gasteiger partial charge in [-0.3, -0.25) is 0 Å². The largest absolute Gasteiger partial charge is 0.507 e. The quantitative estimate of drug-likeness (QED) is 0.240. The van der Waals surface area contributed by atoms with Crippen LogP contribution in [-0.4, -0.2) is 16.0 Å². The first kappa shape index (κ1) is 24.7. The maximum absolute atomic E-state index is 10.8. The van der Waals surface area contributed by atoms with Gasteiger partial charge < -0.3 is 5.11 Å². The molecule has 0 aromatic heterocycles. The van der Waals surface area contributed by atoms with Gasteiger partial charge in [0.1, 0.15) is 17.1 Å². The summed E-state index contributed by atoms with van der Waals surface area (Å²) in [6.07, 6.45) is 2.28. The number of hydrogen-bond donors (Lipinski definition) is 1. The molecule has 1 heterocycles. The number of aryl methyl sites for hydroxylation is 3. The second-order valence-electron chi connectivity index (χ2n) is 10.4. The van der Waals surface area contributed by atoms with Gasteiger partial charge in [-0.15, -0.1) is 0 Å². The summed E-state index contributed by atoms with van der Waals surface area (Å²) in [5.41, 5.74) is 10.4. The fourth-order valence-electron chi connectivity index (χ4n) is 6.18. The summed E-state index contributed by atoms with van der Waals surface area (Å²) < 4.78 is 2.46. The van der Waals surface area contributed by atoms with Crippen LogP contribution >= 0.6 is 0 Å². The van der Waals surface area contributed by atoms with E-state index >= 15 is 0 Å². The maximum atomic E-state index is 10.8. The first-order valence-corrected chi connectivity index (χ1v) is 13.5. The van der Waals surface area contributed by atoms with Gasteiger partial charge >= 0.3 is 0 Å². The summed E-state index contributed by atoms with van der Waals surface area (Å²) in [4.78, 5) is 2.40. The Morgan fingerprint density at radius 1 is 0.615 bits per heavy atom. The van der Waals surface area contributed by atoms with Crippen LogP contribution in [0.3, 0.4) is 0 Å². The number of para-hydroxylation sites is 2. The van der Waals surface area contributed by atoms with Crippen LogP contribution in [0.4, 0.5) is 11.4 Å². The van der Waals surface area contributed by atoms with Crippen molar-refractivity contribution >= 4 is 17.7 Å². The summed E-state index contributed by atoms with van der Waals surface area (Å²) in [5.74, 6) is 0.280. The smallest absolute Gasteiger partial charge is 0.245 e. The number of anilines is 1. The van der Waals surface area contributed by atoms with E-state index in [0.29, 0.717) is 0 Å². The highest BCUT2D eigenvalue weighted by Crippen LogP contribution is 2.48. The number of nitrogens with zero attached hydrogens (tertiary/aromatic N) is 2. The van der Waals surface area contributed by atoms with Crippen LogP contribution in [0.25, 0.3) is 11.1 Å². The van der Waals surface area contributed by atoms with Crippen LogP contribution in [0, 0.1) is 20.8 Å². The van der Waals surface area contributed by atoms with E-state index in [1.54, 1.807) is 6.07 Å². The summed E-state index contributed by atoms with van der Waals surface area (Å²) in [6.45, 7) is 6.58. The number of aromatic hydroxyl groups is 1. The normalized spacial score (nSPS) is 16.8. The van der Waals surface area contributed by atoms with Crippen LogP contribution in [0.1, 0.15) is 39.9 Å². The molecule has 192 valence electrons. The fourth-order valence-corrected chi connectivity index (χ4v) is 6.18. The van der Waals surface area contributed by atoms with E-state index in [4.69, 9.17) is 0 Å². The first-order valence-electron chi connectivity index (χ1n) is 13.5. The fraction of sp³-hybridized carbons (Fsp3) is 0.139. The van der Waals surface area contributed by atoms with Gasteiger partial charge in [0.05, 0.1) is 0 Å². The highest BCUT2D eigenvalue weighted by Gasteiger charge is 2.47.